The van der Waals surface area contributed by atoms with Gasteiger partial charge in [0.1, 0.15) is 5.82 Å². The van der Waals surface area contributed by atoms with Gasteiger partial charge in [-0.3, -0.25) is 0 Å². The molecular weight excluding hydrogens is 182 g/mol. The van der Waals surface area contributed by atoms with Gasteiger partial charge in [0.25, 0.3) is 0 Å². The van der Waals surface area contributed by atoms with Crippen LogP contribution in [-0.4, -0.2) is 15.1 Å². The number of hydrogen-bond acceptors (Lipinski definition) is 5. The van der Waals surface area contributed by atoms with Gasteiger partial charge in [-0.25, -0.2) is 4.98 Å². The first-order chi connectivity index (χ1) is 6.76. The molecule has 0 aromatic carbocycles. The number of aryl methyl sites for hydroxylation is 1. The molecule has 5 heteroatoms. The van der Waals surface area contributed by atoms with Crippen molar-refractivity contribution in [1.82, 2.24) is 9.97 Å². The van der Waals surface area contributed by atoms with Gasteiger partial charge in [-0.1, -0.05) is 19.8 Å². The van der Waals surface area contributed by atoms with Crippen LogP contribution in [0.2, 0.25) is 0 Å². The minimum absolute atomic E-state index is 0.0102. The lowest BCUT2D eigenvalue weighted by Crippen LogP contribution is -1.94. The summed E-state index contributed by atoms with van der Waals surface area (Å²) >= 11 is 0. The van der Waals surface area contributed by atoms with Gasteiger partial charge in [0.15, 0.2) is 0 Å². The topological polar surface area (TPSA) is 75.4 Å². The predicted octanol–water partition coefficient (Wildman–Crippen LogP) is 2.31. The van der Waals surface area contributed by atoms with Crippen molar-refractivity contribution in [2.24, 2.45) is 5.18 Å². The monoisotopic (exact) mass is 195 g/mol. The second kappa shape index (κ2) is 5.26. The number of unbranched alkanes of at least 4 members (excludes halogenated alkanes) is 2. The van der Waals surface area contributed by atoms with Gasteiger partial charge in [0.05, 0.1) is 0 Å². The Labute approximate surface area is 82.2 Å². The van der Waals surface area contributed by atoms with E-state index in [4.69, 9.17) is 5.11 Å². The summed E-state index contributed by atoms with van der Waals surface area (Å²) < 4.78 is 0. The van der Waals surface area contributed by atoms with Crippen LogP contribution in [0.5, 0.6) is 5.88 Å². The van der Waals surface area contributed by atoms with Crippen LogP contribution in [0.25, 0.3) is 0 Å². The number of nitroso groups, excluding NO2 is 1. The minimum Gasteiger partial charge on any atom is -0.493 e. The van der Waals surface area contributed by atoms with Gasteiger partial charge < -0.3 is 5.11 Å². The molecule has 0 atom stereocenters. The van der Waals surface area contributed by atoms with E-state index in [2.05, 4.69) is 22.1 Å². The Balaban J connectivity index is 2.66. The molecule has 0 bridgehead atoms. The molecule has 0 fully saturated rings. The summed E-state index contributed by atoms with van der Waals surface area (Å²) in [7, 11) is 0. The lowest BCUT2D eigenvalue weighted by molar-refractivity contribution is 0.448. The third-order valence-corrected chi connectivity index (χ3v) is 1.84. The average molecular weight is 195 g/mol. The summed E-state index contributed by atoms with van der Waals surface area (Å²) in [4.78, 5) is 17.9. The summed E-state index contributed by atoms with van der Waals surface area (Å²) in [6.07, 6.45) is 3.82. The van der Waals surface area contributed by atoms with Gasteiger partial charge in [-0.15, -0.1) is 4.91 Å². The molecule has 1 rings (SSSR count). The Bertz CT molecular complexity index is 315. The number of aromatic nitrogens is 2. The highest BCUT2D eigenvalue weighted by Crippen LogP contribution is 2.15. The molecule has 0 spiro atoms. The second-order valence-corrected chi connectivity index (χ2v) is 3.05. The van der Waals surface area contributed by atoms with Crippen molar-refractivity contribution in [1.29, 1.82) is 0 Å². The fourth-order valence-electron chi connectivity index (χ4n) is 1.16. The second-order valence-electron chi connectivity index (χ2n) is 3.05. The molecule has 0 saturated heterocycles. The zero-order valence-corrected chi connectivity index (χ0v) is 8.10. The number of aromatic hydroxyl groups is 1. The molecule has 14 heavy (non-hydrogen) atoms. The zero-order valence-electron chi connectivity index (χ0n) is 8.10. The Morgan fingerprint density at radius 2 is 2.21 bits per heavy atom. The van der Waals surface area contributed by atoms with Crippen molar-refractivity contribution >= 4 is 5.82 Å². The average Bonchev–Trinajstić information content (AvgIpc) is 2.17. The molecule has 1 heterocycles. The predicted molar refractivity (Wildman–Crippen MR) is 52.4 cm³/mol. The van der Waals surface area contributed by atoms with Gasteiger partial charge in [-0.05, 0) is 11.6 Å². The smallest absolute Gasteiger partial charge is 0.216 e. The lowest BCUT2D eigenvalue weighted by atomic mass is 10.2. The van der Waals surface area contributed by atoms with Crippen molar-refractivity contribution in [3.05, 3.63) is 16.8 Å². The quantitative estimate of drug-likeness (QED) is 0.577. The zero-order chi connectivity index (χ0) is 10.4. The van der Waals surface area contributed by atoms with Gasteiger partial charge in [-0.2, -0.15) is 4.98 Å². The summed E-state index contributed by atoms with van der Waals surface area (Å²) in [5.74, 6) is 0.276. The highest BCUT2D eigenvalue weighted by Gasteiger charge is 2.03. The summed E-state index contributed by atoms with van der Waals surface area (Å²) in [6, 6.07) is 1.15. The molecule has 0 radical (unpaired) electrons. The highest BCUT2D eigenvalue weighted by atomic mass is 16.3. The largest absolute Gasteiger partial charge is 0.493 e. The summed E-state index contributed by atoms with van der Waals surface area (Å²) in [6.45, 7) is 2.10. The Morgan fingerprint density at radius 3 is 2.86 bits per heavy atom. The molecule has 1 N–H and O–H groups in total. The van der Waals surface area contributed by atoms with Crippen molar-refractivity contribution in [3.8, 4) is 5.88 Å². The van der Waals surface area contributed by atoms with Crippen LogP contribution in [0.15, 0.2) is 11.2 Å². The fraction of sp³-hybridized carbons (Fsp3) is 0.556. The van der Waals surface area contributed by atoms with Crippen LogP contribution in [-0.2, 0) is 6.42 Å². The van der Waals surface area contributed by atoms with Gasteiger partial charge in [0.2, 0.25) is 11.7 Å². The van der Waals surface area contributed by atoms with Crippen molar-refractivity contribution in [3.63, 3.8) is 0 Å². The maximum absolute atomic E-state index is 10.2. The molecule has 0 aliphatic heterocycles. The van der Waals surface area contributed by atoms with Crippen LogP contribution in [0.3, 0.4) is 0 Å². The van der Waals surface area contributed by atoms with E-state index in [1.54, 1.807) is 0 Å². The first-order valence-corrected chi connectivity index (χ1v) is 4.66. The molecule has 0 saturated carbocycles. The maximum Gasteiger partial charge on any atom is 0.216 e. The molecule has 5 nitrogen and oxygen atoms in total. The summed E-state index contributed by atoms with van der Waals surface area (Å²) in [5, 5.41) is 11.8. The molecular formula is C9H13N3O2. The van der Waals surface area contributed by atoms with E-state index in [1.807, 2.05) is 0 Å². The Hall–Kier alpha value is -1.52. The van der Waals surface area contributed by atoms with Gasteiger partial charge >= 0.3 is 0 Å². The summed E-state index contributed by atoms with van der Waals surface area (Å²) in [5.41, 5.74) is 0. The molecule has 1 aromatic rings. The molecule has 76 valence electrons. The lowest BCUT2D eigenvalue weighted by Gasteiger charge is -1.99. The van der Waals surface area contributed by atoms with Gasteiger partial charge in [0, 0.05) is 12.5 Å². The van der Waals surface area contributed by atoms with E-state index in [9.17, 15) is 4.91 Å². The van der Waals surface area contributed by atoms with E-state index < -0.39 is 0 Å². The van der Waals surface area contributed by atoms with E-state index >= 15 is 0 Å². The van der Waals surface area contributed by atoms with Crippen LogP contribution < -0.4 is 0 Å². The van der Waals surface area contributed by atoms with Crippen LogP contribution in [0.4, 0.5) is 5.82 Å². The highest BCUT2D eigenvalue weighted by molar-refractivity contribution is 5.31. The van der Waals surface area contributed by atoms with Crippen molar-refractivity contribution in [2.45, 2.75) is 32.6 Å². The van der Waals surface area contributed by atoms with E-state index in [-0.39, 0.29) is 11.7 Å². The SMILES string of the molecule is CCCCCc1nc(O)cc(N=O)n1. The maximum atomic E-state index is 10.2. The molecule has 0 aliphatic rings. The molecule has 0 aliphatic carbocycles. The number of rotatable bonds is 5. The first-order valence-electron chi connectivity index (χ1n) is 4.66. The third kappa shape index (κ3) is 3.08. The normalized spacial score (nSPS) is 10.1. The third-order valence-electron chi connectivity index (χ3n) is 1.84. The standard InChI is InChI=1S/C9H13N3O2/c1-2-3-4-5-7-10-8(12-14)6-9(13)11-7/h6H,2-5H2,1H3,(H,10,11,13). The van der Waals surface area contributed by atoms with Crippen LogP contribution >= 0.6 is 0 Å². The van der Waals surface area contributed by atoms with Crippen molar-refractivity contribution in [2.75, 3.05) is 0 Å². The molecule has 0 unspecified atom stereocenters. The van der Waals surface area contributed by atoms with Crippen LogP contribution in [0, 0.1) is 4.91 Å². The van der Waals surface area contributed by atoms with Crippen molar-refractivity contribution < 1.29 is 5.11 Å². The Morgan fingerprint density at radius 1 is 1.43 bits per heavy atom. The van der Waals surface area contributed by atoms with E-state index in [0.717, 1.165) is 25.3 Å². The number of nitrogens with zero attached hydrogens (tertiary/aromatic N) is 3. The van der Waals surface area contributed by atoms with E-state index in [0.29, 0.717) is 12.2 Å². The first kappa shape index (κ1) is 10.6. The minimum atomic E-state index is -0.193. The molecule has 0 amide bonds. The fourth-order valence-corrected chi connectivity index (χ4v) is 1.16. The van der Waals surface area contributed by atoms with Crippen LogP contribution in [0.1, 0.15) is 32.0 Å². The Kier molecular flexibility index (Phi) is 3.97. The number of hydrogen-bond donors (Lipinski definition) is 1. The van der Waals surface area contributed by atoms with E-state index in [1.165, 1.54) is 0 Å². The molecule has 1 aromatic heterocycles.